The standard InChI is InChI=1S/C8H7O4.4C7H11.2Ti/c9-4-6(10)8(12)7(11)5-2-1-3-5;4*1-2-7-4-3-6(1)5-7;;/h5H,1-3H2;4*6H,1-5H2;;. The van der Waals surface area contributed by atoms with Gasteiger partial charge in [0.05, 0.1) is 0 Å². The van der Waals surface area contributed by atoms with Gasteiger partial charge in [0.2, 0.25) is 0 Å². The van der Waals surface area contributed by atoms with Gasteiger partial charge in [-0.1, -0.05) is 0 Å². The fourth-order valence-electron chi connectivity index (χ4n) is 15.3. The summed E-state index contributed by atoms with van der Waals surface area (Å²) in [6, 6.07) is 0. The van der Waals surface area contributed by atoms with Gasteiger partial charge in [-0.15, -0.1) is 0 Å². The van der Waals surface area contributed by atoms with Crippen LogP contribution in [-0.2, 0) is 56.2 Å². The summed E-state index contributed by atoms with van der Waals surface area (Å²) in [5.41, 5.74) is 0. The monoisotopic (exact) mass is 643 g/mol. The summed E-state index contributed by atoms with van der Waals surface area (Å²) in [6.07, 6.45) is 36.7. The minimum absolute atomic E-state index is 0.309. The van der Waals surface area contributed by atoms with Gasteiger partial charge < -0.3 is 0 Å². The number of carbonyl (C=O) groups excluding carboxylic acids is 4. The van der Waals surface area contributed by atoms with Gasteiger partial charge in [-0.25, -0.2) is 0 Å². The van der Waals surface area contributed by atoms with Gasteiger partial charge >= 0.3 is 270 Å². The van der Waals surface area contributed by atoms with Gasteiger partial charge in [-0.2, -0.15) is 0 Å². The Morgan fingerprint density at radius 2 is 0.786 bits per heavy atom. The first-order valence-electron chi connectivity index (χ1n) is 18.1. The third kappa shape index (κ3) is 3.86. The Morgan fingerprint density at radius 1 is 0.476 bits per heavy atom. The zero-order valence-electron chi connectivity index (χ0n) is 25.8. The molecule has 9 fully saturated rings. The van der Waals surface area contributed by atoms with E-state index in [1.54, 1.807) is 128 Å². The molecule has 4 nitrogen and oxygen atoms in total. The molecular formula is C36H51O4Ti2. The maximum absolute atomic E-state index is 11.1. The molecule has 9 rings (SSSR count). The number of hydrogen-bond acceptors (Lipinski definition) is 4. The van der Waals surface area contributed by atoms with Gasteiger partial charge in [-0.05, 0) is 0 Å². The number of fused-ring (bicyclic) bond motifs is 8. The summed E-state index contributed by atoms with van der Waals surface area (Å²) < 4.78 is 3.03. The second-order valence-electron chi connectivity index (χ2n) is 17.4. The fourth-order valence-corrected chi connectivity index (χ4v) is 36.2. The van der Waals surface area contributed by atoms with Crippen LogP contribution in [-0.4, -0.2) is 21.4 Å². The van der Waals surface area contributed by atoms with Gasteiger partial charge in [0.15, 0.2) is 0 Å². The Kier molecular flexibility index (Phi) is 7.24. The molecule has 9 aliphatic rings. The molecular weight excluding hydrogens is 592 g/mol. The van der Waals surface area contributed by atoms with Crippen molar-refractivity contribution in [3.05, 3.63) is 0 Å². The second kappa shape index (κ2) is 10.3. The van der Waals surface area contributed by atoms with E-state index in [9.17, 15) is 19.2 Å². The quantitative estimate of drug-likeness (QED) is 0.151. The summed E-state index contributed by atoms with van der Waals surface area (Å²) in [5, 5.41) is 0. The van der Waals surface area contributed by atoms with Gasteiger partial charge in [0.25, 0.3) is 0 Å². The van der Waals surface area contributed by atoms with E-state index in [1.807, 2.05) is 0 Å². The van der Waals surface area contributed by atoms with E-state index in [0.717, 1.165) is 41.7 Å². The van der Waals surface area contributed by atoms with E-state index in [-0.39, 0.29) is 5.92 Å². The molecule has 0 aliphatic heterocycles. The zero-order chi connectivity index (χ0) is 29.0. The first-order chi connectivity index (χ1) is 20.2. The van der Waals surface area contributed by atoms with Crippen LogP contribution in [0.4, 0.5) is 0 Å². The van der Waals surface area contributed by atoms with Crippen molar-refractivity contribution < 1.29 is 56.2 Å². The molecule has 6 heteroatoms. The molecule has 0 unspecified atom stereocenters. The van der Waals surface area contributed by atoms with E-state index in [1.165, 1.54) is 23.7 Å². The van der Waals surface area contributed by atoms with Crippen LogP contribution in [0.15, 0.2) is 0 Å². The van der Waals surface area contributed by atoms with Crippen LogP contribution in [0.2, 0.25) is 14.9 Å². The van der Waals surface area contributed by atoms with E-state index < -0.39 is 38.0 Å². The molecule has 0 spiro atoms. The van der Waals surface area contributed by atoms with Gasteiger partial charge in [0.1, 0.15) is 0 Å². The average Bonchev–Trinajstić information content (AvgIpc) is 3.82. The Labute approximate surface area is 268 Å². The SMILES string of the molecule is C1C[C]2([Ti]([C]34CCC(CC3)C4)([C]34CCC(CC3)C4)[C]34CCC(CC3)C4)CCC1C2.O=[C]([Ti])C(=O)C(=O)C(=O)C1CCC1. The molecule has 8 bridgehead atoms. The molecule has 9 aliphatic carbocycles. The number of rotatable bonds is 8. The molecule has 9 saturated carbocycles. The Bertz CT molecular complexity index is 1040. The number of hydrogen-bond donors (Lipinski definition) is 0. The van der Waals surface area contributed by atoms with Crippen LogP contribution in [0, 0.1) is 29.6 Å². The van der Waals surface area contributed by atoms with Crippen LogP contribution >= 0.6 is 0 Å². The molecule has 0 aromatic carbocycles. The molecule has 0 radical (unpaired) electrons. The van der Waals surface area contributed by atoms with Gasteiger partial charge in [0, 0.05) is 0 Å². The second-order valence-corrected chi connectivity index (χ2v) is 27.1. The molecule has 0 heterocycles. The molecule has 0 aromatic rings. The first kappa shape index (κ1) is 29.5. The molecule has 0 N–H and O–H groups in total. The average molecular weight is 644 g/mol. The Balaban J connectivity index is 0.000000175. The van der Waals surface area contributed by atoms with Crippen LogP contribution < -0.4 is 0 Å². The van der Waals surface area contributed by atoms with Crippen molar-refractivity contribution >= 4 is 21.4 Å². The van der Waals surface area contributed by atoms with E-state index in [0.29, 0.717) is 12.8 Å². The topological polar surface area (TPSA) is 68.3 Å². The van der Waals surface area contributed by atoms with Crippen molar-refractivity contribution in [3.8, 4) is 0 Å². The summed E-state index contributed by atoms with van der Waals surface area (Å²) in [7, 11) is 0. The number of carbonyl (C=O) groups is 4. The van der Waals surface area contributed by atoms with Crippen molar-refractivity contribution in [1.82, 2.24) is 0 Å². The molecule has 42 heavy (non-hydrogen) atoms. The van der Waals surface area contributed by atoms with Crippen LogP contribution in [0.5, 0.6) is 0 Å². The van der Waals surface area contributed by atoms with Crippen LogP contribution in [0.25, 0.3) is 0 Å². The van der Waals surface area contributed by atoms with E-state index >= 15 is 0 Å². The van der Waals surface area contributed by atoms with E-state index in [4.69, 9.17) is 0 Å². The Morgan fingerprint density at radius 3 is 0.976 bits per heavy atom. The molecule has 0 saturated heterocycles. The van der Waals surface area contributed by atoms with Gasteiger partial charge in [-0.3, -0.25) is 0 Å². The predicted molar refractivity (Wildman–Crippen MR) is 154 cm³/mol. The minimum atomic E-state index is -2.29. The number of Topliss-reactive ketones (excluding diaryl/α,β-unsaturated/α-hetero) is 3. The third-order valence-electron chi connectivity index (χ3n) is 16.3. The maximum atomic E-state index is 11.1. The molecule has 0 atom stereocenters. The zero-order valence-corrected chi connectivity index (χ0v) is 28.9. The predicted octanol–water partition coefficient (Wildman–Crippen LogP) is 8.72. The van der Waals surface area contributed by atoms with Crippen molar-refractivity contribution in [1.29, 1.82) is 0 Å². The summed E-state index contributed by atoms with van der Waals surface area (Å²) in [4.78, 5) is 43.5. The van der Waals surface area contributed by atoms with Crippen LogP contribution in [0.3, 0.4) is 0 Å². The van der Waals surface area contributed by atoms with E-state index in [2.05, 4.69) is 0 Å². The van der Waals surface area contributed by atoms with Crippen molar-refractivity contribution in [3.63, 3.8) is 0 Å². The summed E-state index contributed by atoms with van der Waals surface area (Å²) in [6.45, 7) is 0. The fraction of sp³-hybridized carbons (Fsp3) is 0.889. The number of ketones is 3. The third-order valence-corrected chi connectivity index (χ3v) is 31.0. The Hall–Kier alpha value is 0.109. The first-order valence-corrected chi connectivity index (χ1v) is 22.0. The molecule has 227 valence electrons. The van der Waals surface area contributed by atoms with Crippen molar-refractivity contribution in [2.45, 2.75) is 163 Å². The summed E-state index contributed by atoms with van der Waals surface area (Å²) in [5.74, 6) is 1.40. The van der Waals surface area contributed by atoms with Crippen molar-refractivity contribution in [2.75, 3.05) is 0 Å². The molecule has 0 amide bonds. The summed E-state index contributed by atoms with van der Waals surface area (Å²) >= 11 is -1.30. The van der Waals surface area contributed by atoms with Crippen molar-refractivity contribution in [2.24, 2.45) is 29.6 Å². The normalized spacial score (nSPS) is 47.2. The molecule has 0 aromatic heterocycles. The van der Waals surface area contributed by atoms with Crippen LogP contribution in [0.1, 0.15) is 148 Å².